The zero-order valence-corrected chi connectivity index (χ0v) is 15.9. The van der Waals surface area contributed by atoms with Crippen LogP contribution in [0, 0.1) is 0 Å². The topological polar surface area (TPSA) is 82.2 Å². The van der Waals surface area contributed by atoms with Crippen LogP contribution in [0.5, 0.6) is 0 Å². The van der Waals surface area contributed by atoms with E-state index in [9.17, 15) is 14.4 Å². The molecule has 0 aromatic rings. The third kappa shape index (κ3) is 8.20. The van der Waals surface area contributed by atoms with Crippen molar-refractivity contribution in [3.8, 4) is 0 Å². The lowest BCUT2D eigenvalue weighted by Gasteiger charge is -2.31. The molecule has 1 heterocycles. The van der Waals surface area contributed by atoms with Gasteiger partial charge < -0.3 is 24.8 Å². The van der Waals surface area contributed by atoms with E-state index in [0.29, 0.717) is 39.2 Å². The number of nitrogens with one attached hydrogen (secondary N) is 1. The van der Waals surface area contributed by atoms with Crippen LogP contribution < -0.4 is 5.32 Å². The number of hydrogen-bond donors (Lipinski definition) is 1. The monoisotopic (exact) mass is 356 g/mol. The molecule has 3 amide bonds. The van der Waals surface area contributed by atoms with Crippen molar-refractivity contribution in [2.75, 3.05) is 53.4 Å². The van der Waals surface area contributed by atoms with Crippen molar-refractivity contribution in [3.05, 3.63) is 0 Å². The lowest BCUT2D eigenvalue weighted by molar-refractivity contribution is -0.130. The van der Waals surface area contributed by atoms with Gasteiger partial charge in [-0.25, -0.2) is 4.79 Å². The first-order chi connectivity index (χ1) is 11.8. The van der Waals surface area contributed by atoms with E-state index in [1.807, 2.05) is 19.0 Å². The summed E-state index contributed by atoms with van der Waals surface area (Å²) in [7, 11) is 3.90. The number of carbonyl (C=O) groups is 3. The van der Waals surface area contributed by atoms with E-state index < -0.39 is 0 Å². The number of likely N-dealkylation sites (tertiary alicyclic amines) is 1. The van der Waals surface area contributed by atoms with Gasteiger partial charge in [0.1, 0.15) is 0 Å². The van der Waals surface area contributed by atoms with E-state index in [-0.39, 0.29) is 23.9 Å². The van der Waals surface area contributed by atoms with Crippen LogP contribution in [0.1, 0.15) is 33.1 Å². The largest absolute Gasteiger partial charge is 0.450 e. The minimum atomic E-state index is -0.287. The molecule has 0 aromatic heterocycles. The van der Waals surface area contributed by atoms with Gasteiger partial charge in [0.15, 0.2) is 0 Å². The van der Waals surface area contributed by atoms with Crippen LogP contribution in [0.25, 0.3) is 0 Å². The number of carbonyl (C=O) groups excluding carboxylic acids is 3. The Balaban J connectivity index is 2.30. The molecule has 0 atom stereocenters. The van der Waals surface area contributed by atoms with Crippen LogP contribution in [0.2, 0.25) is 0 Å². The van der Waals surface area contributed by atoms with Gasteiger partial charge in [0, 0.05) is 52.1 Å². The summed E-state index contributed by atoms with van der Waals surface area (Å²) in [5.41, 5.74) is 0. The molecule has 0 saturated carbocycles. The van der Waals surface area contributed by atoms with Gasteiger partial charge in [0.25, 0.3) is 0 Å². The molecule has 144 valence electrons. The van der Waals surface area contributed by atoms with Crippen molar-refractivity contribution in [2.24, 2.45) is 0 Å². The standard InChI is InChI=1S/C17H32N4O4/c1-5-25-17(24)21-9-6-15(7-10-21)18-16(23)8-11-20(14(2)22)13-12-19(3)4/h15H,5-13H2,1-4H3,(H,18,23). The Bertz CT molecular complexity index is 448. The van der Waals surface area contributed by atoms with Crippen molar-refractivity contribution < 1.29 is 19.1 Å². The number of nitrogens with zero attached hydrogens (tertiary/aromatic N) is 3. The van der Waals surface area contributed by atoms with E-state index >= 15 is 0 Å². The molecule has 0 spiro atoms. The molecule has 1 N–H and O–H groups in total. The molecular weight excluding hydrogens is 324 g/mol. The molecule has 1 saturated heterocycles. The van der Waals surface area contributed by atoms with Crippen molar-refractivity contribution in [2.45, 2.75) is 39.2 Å². The second-order valence-corrected chi connectivity index (χ2v) is 6.59. The highest BCUT2D eigenvalue weighted by Gasteiger charge is 2.24. The fourth-order valence-electron chi connectivity index (χ4n) is 2.70. The van der Waals surface area contributed by atoms with Gasteiger partial charge in [-0.1, -0.05) is 0 Å². The summed E-state index contributed by atoms with van der Waals surface area (Å²) >= 11 is 0. The highest BCUT2D eigenvalue weighted by Crippen LogP contribution is 2.11. The van der Waals surface area contributed by atoms with Crippen LogP contribution in [0.15, 0.2) is 0 Å². The summed E-state index contributed by atoms with van der Waals surface area (Å²) in [4.78, 5) is 40.8. The van der Waals surface area contributed by atoms with E-state index in [0.717, 1.165) is 19.4 Å². The van der Waals surface area contributed by atoms with E-state index in [4.69, 9.17) is 4.74 Å². The van der Waals surface area contributed by atoms with Crippen LogP contribution in [0.4, 0.5) is 4.79 Å². The second-order valence-electron chi connectivity index (χ2n) is 6.59. The molecule has 0 bridgehead atoms. The Kier molecular flexibility index (Phi) is 9.26. The third-order valence-corrected chi connectivity index (χ3v) is 4.26. The number of piperidine rings is 1. The van der Waals surface area contributed by atoms with E-state index in [2.05, 4.69) is 5.32 Å². The van der Waals surface area contributed by atoms with Gasteiger partial charge in [-0.05, 0) is 33.9 Å². The third-order valence-electron chi connectivity index (χ3n) is 4.26. The molecule has 0 unspecified atom stereocenters. The Labute approximate surface area is 150 Å². The summed E-state index contributed by atoms with van der Waals surface area (Å²) in [6, 6.07) is 0.0747. The summed E-state index contributed by atoms with van der Waals surface area (Å²) in [5.74, 6) is -0.0666. The van der Waals surface area contributed by atoms with Gasteiger partial charge in [-0.15, -0.1) is 0 Å². The smallest absolute Gasteiger partial charge is 0.409 e. The number of rotatable bonds is 8. The van der Waals surface area contributed by atoms with Crippen molar-refractivity contribution in [3.63, 3.8) is 0 Å². The van der Waals surface area contributed by atoms with Crippen LogP contribution >= 0.6 is 0 Å². The average Bonchev–Trinajstić information content (AvgIpc) is 2.55. The maximum absolute atomic E-state index is 12.1. The number of ether oxygens (including phenoxy) is 1. The number of likely N-dealkylation sites (N-methyl/N-ethyl adjacent to an activating group) is 1. The first kappa shape index (κ1) is 21.2. The summed E-state index contributed by atoms with van der Waals surface area (Å²) < 4.78 is 4.98. The van der Waals surface area contributed by atoms with Gasteiger partial charge in [0.2, 0.25) is 11.8 Å². The van der Waals surface area contributed by atoms with E-state index in [1.54, 1.807) is 16.7 Å². The average molecular weight is 356 g/mol. The molecule has 8 heteroatoms. The van der Waals surface area contributed by atoms with Crippen LogP contribution in [-0.2, 0) is 14.3 Å². The molecule has 1 aliphatic heterocycles. The molecular formula is C17H32N4O4. The van der Waals surface area contributed by atoms with Crippen LogP contribution in [0.3, 0.4) is 0 Å². The second kappa shape index (κ2) is 10.9. The zero-order chi connectivity index (χ0) is 18.8. The summed E-state index contributed by atoms with van der Waals surface area (Å²) in [5, 5.41) is 3.00. The predicted molar refractivity (Wildman–Crippen MR) is 95.2 cm³/mol. The molecule has 1 fully saturated rings. The SMILES string of the molecule is CCOC(=O)N1CCC(NC(=O)CCN(CCN(C)C)C(C)=O)CC1. The Morgan fingerprint density at radius 1 is 1.12 bits per heavy atom. The van der Waals surface area contributed by atoms with E-state index in [1.165, 1.54) is 6.92 Å². The zero-order valence-electron chi connectivity index (χ0n) is 15.9. The number of hydrogen-bond acceptors (Lipinski definition) is 5. The highest BCUT2D eigenvalue weighted by molar-refractivity contribution is 5.78. The predicted octanol–water partition coefficient (Wildman–Crippen LogP) is 0.524. The first-order valence-corrected chi connectivity index (χ1v) is 8.94. The van der Waals surface area contributed by atoms with Crippen LogP contribution in [-0.4, -0.2) is 92.1 Å². The minimum absolute atomic E-state index is 0.0163. The molecule has 0 aromatic carbocycles. The fourth-order valence-corrected chi connectivity index (χ4v) is 2.70. The van der Waals surface area contributed by atoms with Crippen molar-refractivity contribution in [1.82, 2.24) is 20.0 Å². The fraction of sp³-hybridized carbons (Fsp3) is 0.824. The molecule has 25 heavy (non-hydrogen) atoms. The molecule has 1 aliphatic rings. The quantitative estimate of drug-likeness (QED) is 0.686. The maximum Gasteiger partial charge on any atom is 0.409 e. The van der Waals surface area contributed by atoms with Gasteiger partial charge in [-0.2, -0.15) is 0 Å². The molecule has 0 radical (unpaired) electrons. The van der Waals surface area contributed by atoms with Crippen molar-refractivity contribution >= 4 is 17.9 Å². The Morgan fingerprint density at radius 3 is 2.28 bits per heavy atom. The Morgan fingerprint density at radius 2 is 1.76 bits per heavy atom. The number of amides is 3. The molecule has 1 rings (SSSR count). The van der Waals surface area contributed by atoms with Crippen molar-refractivity contribution in [1.29, 1.82) is 0 Å². The normalized spacial score (nSPS) is 15.2. The van der Waals surface area contributed by atoms with Gasteiger partial charge in [-0.3, -0.25) is 9.59 Å². The van der Waals surface area contributed by atoms with Gasteiger partial charge >= 0.3 is 6.09 Å². The van der Waals surface area contributed by atoms with Gasteiger partial charge in [0.05, 0.1) is 6.61 Å². The highest BCUT2D eigenvalue weighted by atomic mass is 16.6. The maximum atomic E-state index is 12.1. The summed E-state index contributed by atoms with van der Waals surface area (Å²) in [6.07, 6.45) is 1.46. The first-order valence-electron chi connectivity index (χ1n) is 8.94. The lowest BCUT2D eigenvalue weighted by Crippen LogP contribution is -2.47. The molecule has 8 nitrogen and oxygen atoms in total. The lowest BCUT2D eigenvalue weighted by atomic mass is 10.1. The molecule has 0 aliphatic carbocycles. The Hall–Kier alpha value is -1.83. The summed E-state index contributed by atoms with van der Waals surface area (Å²) in [6.45, 7) is 6.68. The minimum Gasteiger partial charge on any atom is -0.450 e.